The van der Waals surface area contributed by atoms with Gasteiger partial charge >= 0.3 is 0 Å². The van der Waals surface area contributed by atoms with Crippen LogP contribution in [0, 0.1) is 5.92 Å². The molecule has 2 atom stereocenters. The quantitative estimate of drug-likeness (QED) is 0.809. The summed E-state index contributed by atoms with van der Waals surface area (Å²) < 4.78 is 5.28. The Kier molecular flexibility index (Phi) is 5.71. The SMILES string of the molecule is CNC1CCC(C(=O)N2CC[C@H](NC(=O)c3cc(C4CC4)on3)C[C@@H]2C)CC1. The van der Waals surface area contributed by atoms with Crippen molar-refractivity contribution in [2.45, 2.75) is 82.3 Å². The predicted octanol–water partition coefficient (Wildman–Crippen LogP) is 2.44. The Morgan fingerprint density at radius 1 is 1.11 bits per heavy atom. The van der Waals surface area contributed by atoms with Crippen LogP contribution < -0.4 is 10.6 Å². The van der Waals surface area contributed by atoms with E-state index in [0.717, 1.165) is 57.1 Å². The topological polar surface area (TPSA) is 87.5 Å². The molecule has 0 unspecified atom stereocenters. The van der Waals surface area contributed by atoms with Crippen LogP contribution in [0.2, 0.25) is 0 Å². The summed E-state index contributed by atoms with van der Waals surface area (Å²) >= 11 is 0. The fraction of sp³-hybridized carbons (Fsp3) is 0.762. The molecule has 3 aliphatic rings. The lowest BCUT2D eigenvalue weighted by Crippen LogP contribution is -2.52. The van der Waals surface area contributed by atoms with E-state index >= 15 is 0 Å². The number of hydrogen-bond donors (Lipinski definition) is 2. The third-order valence-corrected chi connectivity index (χ3v) is 6.72. The number of nitrogens with one attached hydrogen (secondary N) is 2. The van der Waals surface area contributed by atoms with E-state index in [1.807, 2.05) is 11.9 Å². The molecule has 2 N–H and O–H groups in total. The van der Waals surface area contributed by atoms with Crippen molar-refractivity contribution in [2.24, 2.45) is 5.92 Å². The lowest BCUT2D eigenvalue weighted by atomic mass is 9.84. The van der Waals surface area contributed by atoms with Gasteiger partial charge in [0.25, 0.3) is 5.91 Å². The molecule has 7 heteroatoms. The van der Waals surface area contributed by atoms with E-state index in [1.54, 1.807) is 6.07 Å². The molecule has 0 aromatic carbocycles. The normalized spacial score (nSPS) is 30.9. The molecule has 4 rings (SSSR count). The summed E-state index contributed by atoms with van der Waals surface area (Å²) in [6, 6.07) is 2.55. The first kappa shape index (κ1) is 19.4. The van der Waals surface area contributed by atoms with E-state index in [9.17, 15) is 9.59 Å². The molecule has 0 spiro atoms. The maximum Gasteiger partial charge on any atom is 0.273 e. The summed E-state index contributed by atoms with van der Waals surface area (Å²) in [5.74, 6) is 1.57. The minimum Gasteiger partial charge on any atom is -0.360 e. The highest BCUT2D eigenvalue weighted by molar-refractivity contribution is 5.92. The fourth-order valence-electron chi connectivity index (χ4n) is 4.71. The third-order valence-electron chi connectivity index (χ3n) is 6.72. The van der Waals surface area contributed by atoms with Crippen LogP contribution in [-0.2, 0) is 4.79 Å². The van der Waals surface area contributed by atoms with Crippen LogP contribution >= 0.6 is 0 Å². The van der Waals surface area contributed by atoms with Crippen LogP contribution in [0.4, 0.5) is 0 Å². The van der Waals surface area contributed by atoms with Gasteiger partial charge in [-0.1, -0.05) is 5.16 Å². The molecule has 7 nitrogen and oxygen atoms in total. The first-order chi connectivity index (χ1) is 13.5. The van der Waals surface area contributed by atoms with Gasteiger partial charge in [0.1, 0.15) is 5.76 Å². The minimum absolute atomic E-state index is 0.0765. The molecular weight excluding hydrogens is 356 g/mol. The third kappa shape index (κ3) is 4.24. The number of carbonyl (C=O) groups is 2. The van der Waals surface area contributed by atoms with Gasteiger partial charge in [0, 0.05) is 42.6 Å². The fourth-order valence-corrected chi connectivity index (χ4v) is 4.71. The molecule has 1 aliphatic heterocycles. The van der Waals surface area contributed by atoms with Crippen LogP contribution in [0.1, 0.15) is 80.5 Å². The molecule has 2 aliphatic carbocycles. The first-order valence-corrected chi connectivity index (χ1v) is 10.8. The van der Waals surface area contributed by atoms with Crippen molar-refractivity contribution in [3.8, 4) is 0 Å². The lowest BCUT2D eigenvalue weighted by molar-refractivity contribution is -0.140. The zero-order chi connectivity index (χ0) is 19.7. The summed E-state index contributed by atoms with van der Waals surface area (Å²) in [5.41, 5.74) is 0.370. The van der Waals surface area contributed by atoms with Gasteiger partial charge in [-0.15, -0.1) is 0 Å². The Hall–Kier alpha value is -1.89. The maximum absolute atomic E-state index is 13.0. The maximum atomic E-state index is 13.0. The van der Waals surface area contributed by atoms with Gasteiger partial charge in [-0.05, 0) is 65.3 Å². The zero-order valence-electron chi connectivity index (χ0n) is 16.9. The molecule has 0 bridgehead atoms. The number of aromatic nitrogens is 1. The standard InChI is InChI=1S/C21H32N4O3/c1-13-11-17(23-20(26)18-12-19(28-24-18)14-3-4-14)9-10-25(13)21(27)15-5-7-16(22-2)8-6-15/h12-17,22H,3-11H2,1-2H3,(H,23,26)/t13-,15?,16?,17-/m0/s1. The highest BCUT2D eigenvalue weighted by Gasteiger charge is 2.35. The van der Waals surface area contributed by atoms with Crippen molar-refractivity contribution in [1.82, 2.24) is 20.7 Å². The highest BCUT2D eigenvalue weighted by Crippen LogP contribution is 2.40. The number of amides is 2. The Morgan fingerprint density at radius 2 is 1.86 bits per heavy atom. The number of carbonyl (C=O) groups excluding carboxylic acids is 2. The number of nitrogens with zero attached hydrogens (tertiary/aromatic N) is 2. The summed E-state index contributed by atoms with van der Waals surface area (Å²) in [6.45, 7) is 2.81. The van der Waals surface area contributed by atoms with Gasteiger partial charge in [0.15, 0.2) is 5.69 Å². The molecule has 2 amide bonds. The van der Waals surface area contributed by atoms with E-state index in [4.69, 9.17) is 4.52 Å². The number of rotatable bonds is 5. The average molecular weight is 389 g/mol. The molecule has 154 valence electrons. The number of hydrogen-bond acceptors (Lipinski definition) is 5. The van der Waals surface area contributed by atoms with Gasteiger partial charge in [-0.3, -0.25) is 9.59 Å². The molecule has 1 saturated heterocycles. The molecule has 28 heavy (non-hydrogen) atoms. The molecule has 2 saturated carbocycles. The smallest absolute Gasteiger partial charge is 0.273 e. The summed E-state index contributed by atoms with van der Waals surface area (Å²) in [4.78, 5) is 27.5. The predicted molar refractivity (Wildman–Crippen MR) is 105 cm³/mol. The monoisotopic (exact) mass is 388 g/mol. The first-order valence-electron chi connectivity index (χ1n) is 10.8. The second-order valence-corrected chi connectivity index (χ2v) is 8.80. The second kappa shape index (κ2) is 8.23. The Balaban J connectivity index is 1.27. The van der Waals surface area contributed by atoms with Crippen LogP contribution in [0.3, 0.4) is 0 Å². The van der Waals surface area contributed by atoms with Crippen LogP contribution in [0.25, 0.3) is 0 Å². The molecule has 0 radical (unpaired) electrons. The Bertz CT molecular complexity index is 706. The average Bonchev–Trinajstić information content (AvgIpc) is 3.44. The lowest BCUT2D eigenvalue weighted by Gasteiger charge is -2.40. The molecule has 2 heterocycles. The molecule has 3 fully saturated rings. The van der Waals surface area contributed by atoms with Crippen molar-refractivity contribution in [3.63, 3.8) is 0 Å². The van der Waals surface area contributed by atoms with Crippen molar-refractivity contribution in [3.05, 3.63) is 17.5 Å². The zero-order valence-corrected chi connectivity index (χ0v) is 16.9. The van der Waals surface area contributed by atoms with E-state index in [0.29, 0.717) is 30.1 Å². The summed E-state index contributed by atoms with van der Waals surface area (Å²) in [6.07, 6.45) is 7.93. The van der Waals surface area contributed by atoms with Crippen molar-refractivity contribution < 1.29 is 14.1 Å². The summed E-state index contributed by atoms with van der Waals surface area (Å²) in [7, 11) is 2.00. The Labute approximate surface area is 166 Å². The van der Waals surface area contributed by atoms with Gasteiger partial charge in [0.2, 0.25) is 5.91 Å². The van der Waals surface area contributed by atoms with E-state index in [1.165, 1.54) is 0 Å². The highest BCUT2D eigenvalue weighted by atomic mass is 16.5. The molecule has 1 aromatic heterocycles. The van der Waals surface area contributed by atoms with Crippen LogP contribution in [-0.4, -0.2) is 53.6 Å². The summed E-state index contributed by atoms with van der Waals surface area (Å²) in [5, 5.41) is 10.3. The van der Waals surface area contributed by atoms with E-state index < -0.39 is 0 Å². The van der Waals surface area contributed by atoms with Gasteiger partial charge in [-0.25, -0.2) is 0 Å². The molecule has 1 aromatic rings. The Morgan fingerprint density at radius 3 is 2.50 bits per heavy atom. The molecular formula is C21H32N4O3. The van der Waals surface area contributed by atoms with Gasteiger partial charge in [-0.2, -0.15) is 0 Å². The van der Waals surface area contributed by atoms with Crippen molar-refractivity contribution in [2.75, 3.05) is 13.6 Å². The van der Waals surface area contributed by atoms with Gasteiger partial charge < -0.3 is 20.1 Å². The van der Waals surface area contributed by atoms with Crippen molar-refractivity contribution in [1.29, 1.82) is 0 Å². The van der Waals surface area contributed by atoms with E-state index in [2.05, 4.69) is 22.7 Å². The van der Waals surface area contributed by atoms with Crippen LogP contribution in [0.5, 0.6) is 0 Å². The number of likely N-dealkylation sites (tertiary alicyclic amines) is 1. The van der Waals surface area contributed by atoms with Crippen LogP contribution in [0.15, 0.2) is 10.6 Å². The minimum atomic E-state index is -0.169. The van der Waals surface area contributed by atoms with E-state index in [-0.39, 0.29) is 23.9 Å². The largest absolute Gasteiger partial charge is 0.360 e. The number of piperidine rings is 1. The van der Waals surface area contributed by atoms with Crippen molar-refractivity contribution >= 4 is 11.8 Å². The second-order valence-electron chi connectivity index (χ2n) is 8.80. The van der Waals surface area contributed by atoms with Gasteiger partial charge in [0.05, 0.1) is 0 Å².